The molecule has 1 atom stereocenters. The fourth-order valence-electron chi connectivity index (χ4n) is 1.93. The van der Waals surface area contributed by atoms with E-state index >= 15 is 0 Å². The van der Waals surface area contributed by atoms with E-state index in [4.69, 9.17) is 15.6 Å². The highest BCUT2D eigenvalue weighted by atomic mass is 16.5. The maximum absolute atomic E-state index is 11.1. The molecule has 0 aromatic heterocycles. The predicted molar refractivity (Wildman–Crippen MR) is 63.4 cm³/mol. The Balaban J connectivity index is 4.66. The number of ether oxygens (including phenoxy) is 1. The molecular weight excluding hydrogens is 208 g/mol. The molecule has 5 heteroatoms. The Morgan fingerprint density at radius 3 is 2.31 bits per heavy atom. The maximum atomic E-state index is 11.1. The van der Waals surface area contributed by atoms with E-state index in [1.54, 1.807) is 7.11 Å². The van der Waals surface area contributed by atoms with Gasteiger partial charge in [0.15, 0.2) is 0 Å². The van der Waals surface area contributed by atoms with Crippen LogP contribution in [0.15, 0.2) is 0 Å². The first-order valence-corrected chi connectivity index (χ1v) is 5.79. The quantitative estimate of drug-likeness (QED) is 0.606. The van der Waals surface area contributed by atoms with Gasteiger partial charge in [-0.1, -0.05) is 13.8 Å². The van der Waals surface area contributed by atoms with E-state index in [9.17, 15) is 4.79 Å². The topological polar surface area (TPSA) is 75.8 Å². The Hall–Kier alpha value is -0.650. The summed E-state index contributed by atoms with van der Waals surface area (Å²) in [6.07, 6.45) is 1.84. The Kier molecular flexibility index (Phi) is 8.15. The van der Waals surface area contributed by atoms with Crippen LogP contribution in [0, 0.1) is 0 Å². The van der Waals surface area contributed by atoms with Gasteiger partial charge in [0, 0.05) is 26.2 Å². The van der Waals surface area contributed by atoms with Crippen LogP contribution in [0.25, 0.3) is 0 Å². The van der Waals surface area contributed by atoms with E-state index in [1.807, 2.05) is 4.90 Å². The molecule has 0 rings (SSSR count). The number of carboxylic acid groups (broad SMARTS) is 1. The number of methoxy groups -OCH3 is 1. The van der Waals surface area contributed by atoms with Crippen molar-refractivity contribution in [1.82, 2.24) is 4.90 Å². The molecule has 0 fully saturated rings. The van der Waals surface area contributed by atoms with Gasteiger partial charge in [-0.05, 0) is 12.8 Å². The van der Waals surface area contributed by atoms with Crippen molar-refractivity contribution in [2.75, 3.05) is 26.8 Å². The van der Waals surface area contributed by atoms with Crippen molar-refractivity contribution in [1.29, 1.82) is 0 Å². The molecular formula is C11H24N2O3. The Labute approximate surface area is 97.6 Å². The second kappa shape index (κ2) is 8.50. The molecule has 96 valence electrons. The summed E-state index contributed by atoms with van der Waals surface area (Å²) in [6, 6.07) is -0.361. The summed E-state index contributed by atoms with van der Waals surface area (Å²) in [7, 11) is 1.61. The molecule has 1 unspecified atom stereocenters. The molecule has 0 aromatic rings. The number of carboxylic acids is 1. The third-order valence-electron chi connectivity index (χ3n) is 2.87. The molecule has 0 saturated carbocycles. The molecule has 16 heavy (non-hydrogen) atoms. The van der Waals surface area contributed by atoms with E-state index in [0.29, 0.717) is 13.2 Å². The first-order chi connectivity index (χ1) is 7.62. The van der Waals surface area contributed by atoms with Crippen LogP contribution in [0.1, 0.15) is 26.7 Å². The second-order valence-corrected chi connectivity index (χ2v) is 3.79. The summed E-state index contributed by atoms with van der Waals surface area (Å²) in [5.41, 5.74) is 5.53. The number of nitrogens with zero attached hydrogens (tertiary/aromatic N) is 1. The van der Waals surface area contributed by atoms with Crippen molar-refractivity contribution in [2.45, 2.75) is 38.8 Å². The standard InChI is InChI=1S/C11H24N2O3/c1-4-9(5-2)13(6-7-16-3)10(8-12)11(14)15/h9-10H,4-8,12H2,1-3H3,(H,14,15). The van der Waals surface area contributed by atoms with Crippen LogP contribution >= 0.6 is 0 Å². The van der Waals surface area contributed by atoms with Crippen LogP contribution in [-0.4, -0.2) is 54.9 Å². The summed E-state index contributed by atoms with van der Waals surface area (Å²) in [5, 5.41) is 9.12. The van der Waals surface area contributed by atoms with Gasteiger partial charge in [-0.25, -0.2) is 0 Å². The van der Waals surface area contributed by atoms with Crippen LogP contribution in [0.3, 0.4) is 0 Å². The van der Waals surface area contributed by atoms with Gasteiger partial charge in [-0.2, -0.15) is 0 Å². The maximum Gasteiger partial charge on any atom is 0.322 e. The predicted octanol–water partition coefficient (Wildman–Crippen LogP) is 0.535. The SMILES string of the molecule is CCC(CC)N(CCOC)C(CN)C(=O)O. The van der Waals surface area contributed by atoms with Gasteiger partial charge in [0.05, 0.1) is 6.61 Å². The normalized spacial score (nSPS) is 13.4. The zero-order valence-electron chi connectivity index (χ0n) is 10.5. The molecule has 3 N–H and O–H groups in total. The lowest BCUT2D eigenvalue weighted by molar-refractivity contribution is -0.144. The summed E-state index contributed by atoms with van der Waals surface area (Å²) < 4.78 is 5.01. The number of aliphatic carboxylic acids is 1. The van der Waals surface area contributed by atoms with Crippen LogP contribution < -0.4 is 5.73 Å². The number of hydrogen-bond acceptors (Lipinski definition) is 4. The summed E-state index contributed by atoms with van der Waals surface area (Å²) in [4.78, 5) is 13.0. The van der Waals surface area contributed by atoms with Crippen LogP contribution in [0.2, 0.25) is 0 Å². The molecule has 5 nitrogen and oxygen atoms in total. The summed E-state index contributed by atoms with van der Waals surface area (Å²) >= 11 is 0. The second-order valence-electron chi connectivity index (χ2n) is 3.79. The van der Waals surface area contributed by atoms with E-state index in [1.165, 1.54) is 0 Å². The van der Waals surface area contributed by atoms with Gasteiger partial charge in [0.25, 0.3) is 0 Å². The lowest BCUT2D eigenvalue weighted by Gasteiger charge is -2.34. The lowest BCUT2D eigenvalue weighted by Crippen LogP contribution is -2.52. The molecule has 0 heterocycles. The van der Waals surface area contributed by atoms with Crippen molar-refractivity contribution < 1.29 is 14.6 Å². The lowest BCUT2D eigenvalue weighted by atomic mass is 10.1. The van der Waals surface area contributed by atoms with E-state index in [0.717, 1.165) is 12.8 Å². The minimum atomic E-state index is -0.856. The Morgan fingerprint density at radius 2 is 2.00 bits per heavy atom. The molecule has 0 aliphatic rings. The Morgan fingerprint density at radius 1 is 1.44 bits per heavy atom. The zero-order chi connectivity index (χ0) is 12.6. The monoisotopic (exact) mass is 232 g/mol. The van der Waals surface area contributed by atoms with Crippen molar-refractivity contribution >= 4 is 5.97 Å². The molecule has 0 radical (unpaired) electrons. The largest absolute Gasteiger partial charge is 0.480 e. The van der Waals surface area contributed by atoms with Gasteiger partial charge >= 0.3 is 5.97 Å². The van der Waals surface area contributed by atoms with Crippen molar-refractivity contribution in [2.24, 2.45) is 5.73 Å². The van der Waals surface area contributed by atoms with Gasteiger partial charge in [0.2, 0.25) is 0 Å². The molecule has 0 amide bonds. The van der Waals surface area contributed by atoms with Gasteiger partial charge in [0.1, 0.15) is 6.04 Å². The number of carbonyl (C=O) groups is 1. The first kappa shape index (κ1) is 15.3. The fraction of sp³-hybridized carbons (Fsp3) is 0.909. The third kappa shape index (κ3) is 4.47. The summed E-state index contributed by atoms with van der Waals surface area (Å²) in [5.74, 6) is -0.856. The van der Waals surface area contributed by atoms with E-state index in [2.05, 4.69) is 13.8 Å². The zero-order valence-corrected chi connectivity index (χ0v) is 10.5. The smallest absolute Gasteiger partial charge is 0.322 e. The van der Waals surface area contributed by atoms with Gasteiger partial charge in [-0.15, -0.1) is 0 Å². The fourth-order valence-corrected chi connectivity index (χ4v) is 1.93. The number of rotatable bonds is 9. The third-order valence-corrected chi connectivity index (χ3v) is 2.87. The minimum absolute atomic E-state index is 0.134. The van der Waals surface area contributed by atoms with E-state index in [-0.39, 0.29) is 12.6 Å². The van der Waals surface area contributed by atoms with Gasteiger partial charge in [-0.3, -0.25) is 9.69 Å². The Bertz CT molecular complexity index is 196. The van der Waals surface area contributed by atoms with Gasteiger partial charge < -0.3 is 15.6 Å². The minimum Gasteiger partial charge on any atom is -0.480 e. The molecule has 0 aliphatic heterocycles. The molecule has 0 aliphatic carbocycles. The van der Waals surface area contributed by atoms with E-state index < -0.39 is 12.0 Å². The van der Waals surface area contributed by atoms with Crippen LogP contribution in [0.4, 0.5) is 0 Å². The number of hydrogen-bond donors (Lipinski definition) is 2. The number of nitrogens with two attached hydrogens (primary N) is 1. The van der Waals surface area contributed by atoms with Crippen LogP contribution in [-0.2, 0) is 9.53 Å². The molecule has 0 aromatic carbocycles. The highest BCUT2D eigenvalue weighted by Crippen LogP contribution is 2.12. The molecule has 0 saturated heterocycles. The van der Waals surface area contributed by atoms with Crippen molar-refractivity contribution in [3.8, 4) is 0 Å². The molecule has 0 spiro atoms. The van der Waals surface area contributed by atoms with Crippen molar-refractivity contribution in [3.05, 3.63) is 0 Å². The highest BCUT2D eigenvalue weighted by Gasteiger charge is 2.28. The highest BCUT2D eigenvalue weighted by molar-refractivity contribution is 5.73. The summed E-state index contributed by atoms with van der Waals surface area (Å²) in [6.45, 7) is 5.39. The van der Waals surface area contributed by atoms with Crippen LogP contribution in [0.5, 0.6) is 0 Å². The average molecular weight is 232 g/mol. The van der Waals surface area contributed by atoms with Crippen molar-refractivity contribution in [3.63, 3.8) is 0 Å². The first-order valence-electron chi connectivity index (χ1n) is 5.79. The molecule has 0 bridgehead atoms. The average Bonchev–Trinajstić information content (AvgIpc) is 2.27.